The average molecular weight is 541 g/mol. The number of benzene rings is 1. The lowest BCUT2D eigenvalue weighted by Gasteiger charge is -2.40. The van der Waals surface area contributed by atoms with E-state index in [1.54, 1.807) is 29.5 Å². The number of carbonyl (C=O) groups is 1. The highest BCUT2D eigenvalue weighted by Crippen LogP contribution is 2.38. The second kappa shape index (κ2) is 9.29. The van der Waals surface area contributed by atoms with Crippen molar-refractivity contribution in [2.45, 2.75) is 37.5 Å². The molecule has 3 unspecified atom stereocenters. The Kier molecular flexibility index (Phi) is 6.44. The highest BCUT2D eigenvalue weighted by atomic mass is 35.5. The van der Waals surface area contributed by atoms with E-state index in [0.717, 1.165) is 15.6 Å². The van der Waals surface area contributed by atoms with Gasteiger partial charge in [-0.2, -0.15) is 13.2 Å². The summed E-state index contributed by atoms with van der Waals surface area (Å²) >= 11 is 6.55. The third kappa shape index (κ3) is 4.45. The van der Waals surface area contributed by atoms with Crippen molar-refractivity contribution >= 4 is 44.9 Å². The second-order valence-corrected chi connectivity index (χ2v) is 11.0. The lowest BCUT2D eigenvalue weighted by Crippen LogP contribution is -2.49. The fourth-order valence-corrected chi connectivity index (χ4v) is 5.95. The summed E-state index contributed by atoms with van der Waals surface area (Å²) in [7, 11) is -1.13. The summed E-state index contributed by atoms with van der Waals surface area (Å²) in [5, 5.41) is 8.32. The normalized spacial score (nSPS) is 21.5. The third-order valence-corrected chi connectivity index (χ3v) is 8.15. The van der Waals surface area contributed by atoms with E-state index in [1.165, 1.54) is 0 Å². The predicted octanol–water partition coefficient (Wildman–Crippen LogP) is 3.74. The minimum atomic E-state index is -4.58. The zero-order valence-corrected chi connectivity index (χ0v) is 21.2. The monoisotopic (exact) mass is 540 g/mol. The molecule has 1 aromatic carbocycles. The molecule has 1 fully saturated rings. The molecule has 3 atom stereocenters. The third-order valence-electron chi connectivity index (χ3n) is 6.96. The minimum Gasteiger partial charge on any atom is -0.369 e. The number of piperidine rings is 1. The van der Waals surface area contributed by atoms with Gasteiger partial charge in [0.05, 0.1) is 22.8 Å². The Balaban J connectivity index is 1.32. The van der Waals surface area contributed by atoms with Crippen LogP contribution in [0, 0.1) is 11.8 Å². The Hall–Kier alpha value is -2.73. The number of nitrogens with zero attached hydrogens (tertiary/aromatic N) is 6. The molecule has 1 saturated heterocycles. The quantitative estimate of drug-likeness (QED) is 0.503. The van der Waals surface area contributed by atoms with Crippen LogP contribution in [0.4, 0.5) is 18.9 Å². The second-order valence-electron chi connectivity index (χ2n) is 9.26. The number of halogens is 4. The Bertz CT molecular complexity index is 1360. The summed E-state index contributed by atoms with van der Waals surface area (Å²) in [6.45, 7) is 3.37. The fraction of sp³-hybridized carbons (Fsp3) is 0.478. The van der Waals surface area contributed by atoms with E-state index in [1.807, 2.05) is 13.0 Å². The van der Waals surface area contributed by atoms with E-state index in [4.69, 9.17) is 11.6 Å². The van der Waals surface area contributed by atoms with E-state index in [2.05, 4.69) is 20.1 Å². The van der Waals surface area contributed by atoms with Crippen LogP contribution in [0.2, 0.25) is 5.02 Å². The van der Waals surface area contributed by atoms with Gasteiger partial charge in [-0.3, -0.25) is 14.0 Å². The molecule has 36 heavy (non-hydrogen) atoms. The first-order chi connectivity index (χ1) is 17.0. The lowest BCUT2D eigenvalue weighted by molar-refractivity contribution is -0.148. The van der Waals surface area contributed by atoms with Crippen LogP contribution in [-0.2, 0) is 34.9 Å². The van der Waals surface area contributed by atoms with Gasteiger partial charge >= 0.3 is 6.18 Å². The van der Waals surface area contributed by atoms with Crippen molar-refractivity contribution in [1.29, 1.82) is 0 Å². The minimum absolute atomic E-state index is 0.0107. The summed E-state index contributed by atoms with van der Waals surface area (Å²) in [5.41, 5.74) is 1.53. The number of anilines is 1. The number of alkyl halides is 3. The van der Waals surface area contributed by atoms with Gasteiger partial charge in [-0.1, -0.05) is 18.5 Å². The topological polar surface area (TPSA) is 84.2 Å². The first-order valence-corrected chi connectivity index (χ1v) is 13.4. The number of pyridine rings is 1. The van der Waals surface area contributed by atoms with Gasteiger partial charge < -0.3 is 14.4 Å². The summed E-state index contributed by atoms with van der Waals surface area (Å²) in [5.74, 6) is -1.23. The molecule has 0 radical (unpaired) electrons. The van der Waals surface area contributed by atoms with Gasteiger partial charge in [0.2, 0.25) is 11.7 Å². The maximum atomic E-state index is 13.4. The molecular weight excluding hydrogens is 517 g/mol. The number of carbonyl (C=O) groups excluding carboxylic acids is 1. The van der Waals surface area contributed by atoms with Gasteiger partial charge in [-0.15, -0.1) is 10.2 Å². The molecule has 0 spiro atoms. The zero-order valence-electron chi connectivity index (χ0n) is 19.6. The van der Waals surface area contributed by atoms with E-state index >= 15 is 0 Å². The van der Waals surface area contributed by atoms with Gasteiger partial charge in [0.15, 0.2) is 5.82 Å². The smallest absolute Gasteiger partial charge is 0.369 e. The number of rotatable bonds is 3. The van der Waals surface area contributed by atoms with Crippen LogP contribution < -0.4 is 4.90 Å². The number of fused-ring (bicyclic) bond motifs is 2. The highest BCUT2D eigenvalue weighted by molar-refractivity contribution is 7.84. The number of hydrogen-bond donors (Lipinski definition) is 0. The van der Waals surface area contributed by atoms with Crippen LogP contribution in [0.3, 0.4) is 0 Å². The Labute approximate surface area is 212 Å². The molecule has 0 saturated carbocycles. The van der Waals surface area contributed by atoms with E-state index in [-0.39, 0.29) is 43.2 Å². The molecule has 0 N–H and O–H groups in total. The van der Waals surface area contributed by atoms with Gasteiger partial charge in [0.1, 0.15) is 0 Å². The van der Waals surface area contributed by atoms with E-state index in [0.29, 0.717) is 34.9 Å². The van der Waals surface area contributed by atoms with Crippen LogP contribution in [0.25, 0.3) is 10.9 Å². The Morgan fingerprint density at radius 2 is 1.97 bits per heavy atom. The van der Waals surface area contributed by atoms with Crippen molar-refractivity contribution in [3.8, 4) is 0 Å². The SMILES string of the molecule is CC1CN(c2c(Cl)cnc3cc(S(C)=O)ccc23)CCC1C(=O)N1CCn2c(nnc2C(F)(F)F)C1. The maximum Gasteiger partial charge on any atom is 0.451 e. The first kappa shape index (κ1) is 24.9. The number of hydrogen-bond acceptors (Lipinski definition) is 6. The highest BCUT2D eigenvalue weighted by Gasteiger charge is 2.41. The molecular formula is C23H24ClF3N6O2S. The molecule has 2 aliphatic rings. The largest absolute Gasteiger partial charge is 0.451 e. The molecule has 0 bridgehead atoms. The van der Waals surface area contributed by atoms with Crippen molar-refractivity contribution in [1.82, 2.24) is 24.6 Å². The summed E-state index contributed by atoms with van der Waals surface area (Å²) in [6, 6.07) is 5.48. The molecule has 2 aliphatic heterocycles. The number of amides is 1. The van der Waals surface area contributed by atoms with Crippen molar-refractivity contribution in [2.75, 3.05) is 30.8 Å². The Morgan fingerprint density at radius 1 is 1.19 bits per heavy atom. The van der Waals surface area contributed by atoms with Crippen molar-refractivity contribution in [2.24, 2.45) is 11.8 Å². The van der Waals surface area contributed by atoms with Gasteiger partial charge in [0, 0.05) is 65.6 Å². The maximum absolute atomic E-state index is 13.4. The Morgan fingerprint density at radius 3 is 2.67 bits per heavy atom. The number of aromatic nitrogens is 4. The summed E-state index contributed by atoms with van der Waals surface area (Å²) < 4.78 is 52.3. The molecule has 5 rings (SSSR count). The molecule has 3 aromatic rings. The zero-order chi connectivity index (χ0) is 25.8. The molecule has 1 amide bonds. The van der Waals surface area contributed by atoms with Crippen LogP contribution in [0.5, 0.6) is 0 Å². The van der Waals surface area contributed by atoms with Crippen LogP contribution in [0.15, 0.2) is 29.3 Å². The van der Waals surface area contributed by atoms with E-state index in [9.17, 15) is 22.2 Å². The average Bonchev–Trinajstić information content (AvgIpc) is 3.27. The molecule has 2 aromatic heterocycles. The predicted molar refractivity (Wildman–Crippen MR) is 129 cm³/mol. The van der Waals surface area contributed by atoms with Crippen LogP contribution >= 0.6 is 11.6 Å². The standard InChI is InChI=1S/C23H24ClF3N6O2S/c1-13-11-31(20-16-4-3-14(36(2)35)9-18(16)28-10-17(20)24)6-5-15(13)21(34)32-7-8-33-19(12-32)29-30-22(33)23(25,26)27/h3-4,9-10,13,15H,5-8,11-12H2,1-2H3. The van der Waals surface area contributed by atoms with Crippen molar-refractivity contribution in [3.05, 3.63) is 41.1 Å². The molecule has 4 heterocycles. The summed E-state index contributed by atoms with van der Waals surface area (Å²) in [6.07, 6.45) is -0.800. The molecule has 13 heteroatoms. The lowest BCUT2D eigenvalue weighted by atomic mass is 9.85. The molecule has 192 valence electrons. The molecule has 8 nitrogen and oxygen atoms in total. The van der Waals surface area contributed by atoms with Gasteiger partial charge in [-0.25, -0.2) is 0 Å². The molecule has 0 aliphatic carbocycles. The van der Waals surface area contributed by atoms with E-state index < -0.39 is 22.8 Å². The van der Waals surface area contributed by atoms with Gasteiger partial charge in [-0.05, 0) is 30.5 Å². The first-order valence-electron chi connectivity index (χ1n) is 11.5. The van der Waals surface area contributed by atoms with Crippen molar-refractivity contribution in [3.63, 3.8) is 0 Å². The van der Waals surface area contributed by atoms with Gasteiger partial charge in [0.25, 0.3) is 0 Å². The summed E-state index contributed by atoms with van der Waals surface area (Å²) in [4.78, 5) is 22.2. The fourth-order valence-electron chi connectivity index (χ4n) is 5.14. The van der Waals surface area contributed by atoms with Crippen molar-refractivity contribution < 1.29 is 22.2 Å². The van der Waals surface area contributed by atoms with Crippen LogP contribution in [0.1, 0.15) is 25.0 Å². The van der Waals surface area contributed by atoms with Crippen LogP contribution in [-0.4, -0.2) is 60.7 Å².